The van der Waals surface area contributed by atoms with E-state index in [0.717, 1.165) is 64.1 Å². The molecule has 3 heterocycles. The van der Waals surface area contributed by atoms with E-state index < -0.39 is 5.79 Å². The minimum Gasteiger partial charge on any atom is -0.498 e. The summed E-state index contributed by atoms with van der Waals surface area (Å²) >= 11 is 0. The average Bonchev–Trinajstić information content (AvgIpc) is 2.90. The van der Waals surface area contributed by atoms with Gasteiger partial charge in [0.25, 0.3) is 0 Å². The molecule has 3 fully saturated rings. The molecule has 3 aliphatic heterocycles. The van der Waals surface area contributed by atoms with E-state index in [0.29, 0.717) is 0 Å². The molecule has 3 rings (SSSR count). The van der Waals surface area contributed by atoms with Crippen molar-refractivity contribution in [3.63, 3.8) is 0 Å². The molecule has 0 amide bonds. The summed E-state index contributed by atoms with van der Waals surface area (Å²) in [5.74, 6) is 0.773. The Kier molecular flexibility index (Phi) is 2.45. The van der Waals surface area contributed by atoms with Gasteiger partial charge in [-0.25, -0.2) is 0 Å². The molecule has 84 valence electrons. The second-order valence-electron chi connectivity index (χ2n) is 4.51. The number of ether oxygens (including phenoxy) is 3. The van der Waals surface area contributed by atoms with Gasteiger partial charge in [0.15, 0.2) is 5.79 Å². The number of rotatable bonds is 0. The zero-order chi connectivity index (χ0) is 10.1. The van der Waals surface area contributed by atoms with Gasteiger partial charge in [-0.2, -0.15) is 0 Å². The van der Waals surface area contributed by atoms with Gasteiger partial charge in [-0.1, -0.05) is 0 Å². The molecule has 0 aromatic rings. The van der Waals surface area contributed by atoms with Crippen molar-refractivity contribution in [2.24, 2.45) is 0 Å². The van der Waals surface area contributed by atoms with Crippen molar-refractivity contribution < 1.29 is 14.2 Å². The van der Waals surface area contributed by atoms with Gasteiger partial charge >= 0.3 is 0 Å². The van der Waals surface area contributed by atoms with Gasteiger partial charge in [0.2, 0.25) is 0 Å². The van der Waals surface area contributed by atoms with Crippen molar-refractivity contribution in [2.45, 2.75) is 44.3 Å². The molecule has 0 aliphatic carbocycles. The molecule has 3 aliphatic rings. The van der Waals surface area contributed by atoms with Gasteiger partial charge in [0.1, 0.15) is 5.76 Å². The van der Waals surface area contributed by atoms with Crippen molar-refractivity contribution in [1.82, 2.24) is 0 Å². The van der Waals surface area contributed by atoms with Crippen LogP contribution in [0.25, 0.3) is 0 Å². The van der Waals surface area contributed by atoms with Crippen molar-refractivity contribution in [3.8, 4) is 0 Å². The highest BCUT2D eigenvalue weighted by Crippen LogP contribution is 2.42. The molecular formula is C12H18O3. The van der Waals surface area contributed by atoms with Crippen LogP contribution in [-0.2, 0) is 14.2 Å². The minimum atomic E-state index is -0.391. The quantitative estimate of drug-likeness (QED) is 0.614. The van der Waals surface area contributed by atoms with Crippen LogP contribution in [0.15, 0.2) is 11.3 Å². The molecule has 0 saturated carbocycles. The topological polar surface area (TPSA) is 27.7 Å². The van der Waals surface area contributed by atoms with Crippen LogP contribution < -0.4 is 0 Å². The maximum atomic E-state index is 5.89. The fourth-order valence-corrected chi connectivity index (χ4v) is 2.82. The summed E-state index contributed by atoms with van der Waals surface area (Å²) < 4.78 is 17.4. The van der Waals surface area contributed by atoms with Crippen LogP contribution in [0.4, 0.5) is 0 Å². The third-order valence-electron chi connectivity index (χ3n) is 3.51. The smallest absolute Gasteiger partial charge is 0.194 e. The molecule has 0 aromatic heterocycles. The normalized spacial score (nSPS) is 41.1. The fourth-order valence-electron chi connectivity index (χ4n) is 2.82. The maximum absolute atomic E-state index is 5.89. The van der Waals surface area contributed by atoms with Crippen molar-refractivity contribution in [1.29, 1.82) is 0 Å². The first-order valence-electron chi connectivity index (χ1n) is 6.04. The lowest BCUT2D eigenvalue weighted by molar-refractivity contribution is -0.198. The molecule has 0 N–H and O–H groups in total. The van der Waals surface area contributed by atoms with Crippen LogP contribution in [-0.4, -0.2) is 25.6 Å². The number of allylic oxidation sites excluding steroid dienone is 1. The van der Waals surface area contributed by atoms with Gasteiger partial charge in [0, 0.05) is 18.4 Å². The first-order chi connectivity index (χ1) is 7.41. The van der Waals surface area contributed by atoms with E-state index in [1.807, 2.05) is 0 Å². The molecule has 0 bridgehead atoms. The largest absolute Gasteiger partial charge is 0.498 e. The molecule has 1 spiro atoms. The van der Waals surface area contributed by atoms with E-state index in [1.165, 1.54) is 5.57 Å². The summed E-state index contributed by atoms with van der Waals surface area (Å²) in [6, 6.07) is 0. The standard InChI is InChI=1S/C12H18O3/c1-4-10(11-5-2-7-13-11)12(14-8-1)6-3-9-15-12/h1-9H2/b11-10-. The molecular weight excluding hydrogens is 192 g/mol. The first-order valence-corrected chi connectivity index (χ1v) is 6.04. The predicted molar refractivity (Wildman–Crippen MR) is 55.3 cm³/mol. The molecule has 3 heteroatoms. The lowest BCUT2D eigenvalue weighted by atomic mass is 9.93. The Bertz CT molecular complexity index is 269. The van der Waals surface area contributed by atoms with Gasteiger partial charge in [0.05, 0.1) is 19.8 Å². The number of hydrogen-bond acceptors (Lipinski definition) is 3. The Morgan fingerprint density at radius 3 is 2.40 bits per heavy atom. The summed E-state index contributed by atoms with van der Waals surface area (Å²) in [6.07, 6.45) is 6.54. The number of hydrogen-bond donors (Lipinski definition) is 0. The Morgan fingerprint density at radius 2 is 1.67 bits per heavy atom. The van der Waals surface area contributed by atoms with Gasteiger partial charge in [-0.3, -0.25) is 0 Å². The van der Waals surface area contributed by atoms with Crippen molar-refractivity contribution in [3.05, 3.63) is 11.3 Å². The second kappa shape index (κ2) is 3.80. The van der Waals surface area contributed by atoms with Gasteiger partial charge in [-0.05, 0) is 25.7 Å². The minimum absolute atomic E-state index is 0.391. The molecule has 0 aromatic carbocycles. The Labute approximate surface area is 90.4 Å². The lowest BCUT2D eigenvalue weighted by Crippen LogP contribution is -2.38. The van der Waals surface area contributed by atoms with Crippen molar-refractivity contribution >= 4 is 0 Å². The first kappa shape index (κ1) is 9.67. The SMILES string of the molecule is C1CO/C(=C2/CCCOC23CCCO3)C1. The van der Waals surface area contributed by atoms with Crippen molar-refractivity contribution in [2.75, 3.05) is 19.8 Å². The van der Waals surface area contributed by atoms with Crippen LogP contribution in [0.5, 0.6) is 0 Å². The predicted octanol–water partition coefficient (Wildman–Crippen LogP) is 2.37. The van der Waals surface area contributed by atoms with Crippen LogP contribution in [0, 0.1) is 0 Å². The lowest BCUT2D eigenvalue weighted by Gasteiger charge is -2.36. The second-order valence-corrected chi connectivity index (χ2v) is 4.51. The molecule has 3 nitrogen and oxygen atoms in total. The highest BCUT2D eigenvalue weighted by atomic mass is 16.7. The molecule has 3 saturated heterocycles. The van der Waals surface area contributed by atoms with E-state index in [9.17, 15) is 0 Å². The summed E-state index contributed by atoms with van der Waals surface area (Å²) in [5, 5.41) is 0. The third kappa shape index (κ3) is 1.58. The van der Waals surface area contributed by atoms with Crippen LogP contribution >= 0.6 is 0 Å². The third-order valence-corrected chi connectivity index (χ3v) is 3.51. The molecule has 1 unspecified atom stereocenters. The van der Waals surface area contributed by atoms with Gasteiger partial charge < -0.3 is 14.2 Å². The van der Waals surface area contributed by atoms with E-state index in [-0.39, 0.29) is 0 Å². The van der Waals surface area contributed by atoms with Crippen LogP contribution in [0.1, 0.15) is 38.5 Å². The Morgan fingerprint density at radius 1 is 0.867 bits per heavy atom. The summed E-state index contributed by atoms with van der Waals surface area (Å²) in [6.45, 7) is 2.53. The molecule has 1 atom stereocenters. The zero-order valence-corrected chi connectivity index (χ0v) is 9.09. The van der Waals surface area contributed by atoms with E-state index in [1.54, 1.807) is 0 Å². The summed E-state index contributed by atoms with van der Waals surface area (Å²) in [4.78, 5) is 0. The monoisotopic (exact) mass is 210 g/mol. The van der Waals surface area contributed by atoms with Crippen LogP contribution in [0.3, 0.4) is 0 Å². The molecule has 15 heavy (non-hydrogen) atoms. The summed E-state index contributed by atoms with van der Waals surface area (Å²) in [5.41, 5.74) is 1.31. The molecule has 0 radical (unpaired) electrons. The van der Waals surface area contributed by atoms with E-state index in [4.69, 9.17) is 14.2 Å². The van der Waals surface area contributed by atoms with E-state index >= 15 is 0 Å². The Balaban J connectivity index is 1.92. The van der Waals surface area contributed by atoms with E-state index in [2.05, 4.69) is 0 Å². The summed E-state index contributed by atoms with van der Waals surface area (Å²) in [7, 11) is 0. The zero-order valence-electron chi connectivity index (χ0n) is 9.09. The highest BCUT2D eigenvalue weighted by Gasteiger charge is 2.44. The van der Waals surface area contributed by atoms with Gasteiger partial charge in [-0.15, -0.1) is 0 Å². The Hall–Kier alpha value is -0.540. The average molecular weight is 210 g/mol. The maximum Gasteiger partial charge on any atom is 0.194 e. The highest BCUT2D eigenvalue weighted by molar-refractivity contribution is 5.22. The van der Waals surface area contributed by atoms with Crippen LogP contribution in [0.2, 0.25) is 0 Å². The fraction of sp³-hybridized carbons (Fsp3) is 0.833.